The molecule has 6 heteroatoms. The molecule has 2 aromatic heterocycles. The van der Waals surface area contributed by atoms with Crippen molar-refractivity contribution in [1.29, 1.82) is 0 Å². The first-order valence-electron chi connectivity index (χ1n) is 7.24. The van der Waals surface area contributed by atoms with Crippen molar-refractivity contribution in [2.45, 2.75) is 19.5 Å². The van der Waals surface area contributed by atoms with E-state index in [0.29, 0.717) is 12.1 Å². The molecule has 23 heavy (non-hydrogen) atoms. The van der Waals surface area contributed by atoms with Gasteiger partial charge in [-0.15, -0.1) is 0 Å². The number of imidazole rings is 1. The van der Waals surface area contributed by atoms with Crippen LogP contribution in [0.5, 0.6) is 0 Å². The third-order valence-corrected chi connectivity index (χ3v) is 3.58. The van der Waals surface area contributed by atoms with E-state index in [1.807, 2.05) is 29.8 Å². The van der Waals surface area contributed by atoms with E-state index in [1.165, 1.54) is 12.1 Å². The Bertz CT molecular complexity index is 750. The van der Waals surface area contributed by atoms with Crippen LogP contribution in [-0.2, 0) is 6.54 Å². The van der Waals surface area contributed by atoms with Gasteiger partial charge in [-0.1, -0.05) is 6.07 Å². The Morgan fingerprint density at radius 2 is 1.96 bits per heavy atom. The molecule has 4 nitrogen and oxygen atoms in total. The predicted octanol–water partition coefficient (Wildman–Crippen LogP) is 3.40. The molecule has 0 spiro atoms. The summed E-state index contributed by atoms with van der Waals surface area (Å²) in [7, 11) is 0. The van der Waals surface area contributed by atoms with Crippen LogP contribution in [0.15, 0.2) is 55.2 Å². The second-order valence-electron chi connectivity index (χ2n) is 5.30. The van der Waals surface area contributed by atoms with Crippen molar-refractivity contribution < 1.29 is 8.78 Å². The minimum Gasteiger partial charge on any atom is -0.306 e. The fourth-order valence-electron chi connectivity index (χ4n) is 2.28. The smallest absolute Gasteiger partial charge is 0.137 e. The molecule has 1 aromatic carbocycles. The minimum atomic E-state index is -0.569. The summed E-state index contributed by atoms with van der Waals surface area (Å²) in [5.74, 6) is -0.355. The van der Waals surface area contributed by atoms with Crippen molar-refractivity contribution >= 4 is 0 Å². The summed E-state index contributed by atoms with van der Waals surface area (Å²) >= 11 is 0. The van der Waals surface area contributed by atoms with Gasteiger partial charge >= 0.3 is 0 Å². The lowest BCUT2D eigenvalue weighted by Gasteiger charge is -2.14. The van der Waals surface area contributed by atoms with Crippen molar-refractivity contribution in [2.24, 2.45) is 0 Å². The largest absolute Gasteiger partial charge is 0.306 e. The summed E-state index contributed by atoms with van der Waals surface area (Å²) in [6.45, 7) is 2.41. The third-order valence-electron chi connectivity index (χ3n) is 3.58. The summed E-state index contributed by atoms with van der Waals surface area (Å²) in [5.41, 5.74) is 1.56. The first-order valence-corrected chi connectivity index (χ1v) is 7.24. The van der Waals surface area contributed by atoms with E-state index in [9.17, 15) is 8.78 Å². The lowest BCUT2D eigenvalue weighted by molar-refractivity contribution is 0.545. The Hall–Kier alpha value is -2.60. The van der Waals surface area contributed by atoms with Crippen molar-refractivity contribution in [3.63, 3.8) is 0 Å². The maximum Gasteiger partial charge on any atom is 0.137 e. The van der Waals surface area contributed by atoms with E-state index in [2.05, 4.69) is 15.3 Å². The van der Waals surface area contributed by atoms with E-state index in [1.54, 1.807) is 18.7 Å². The quantitative estimate of drug-likeness (QED) is 0.785. The van der Waals surface area contributed by atoms with Crippen molar-refractivity contribution in [1.82, 2.24) is 19.9 Å². The first-order chi connectivity index (χ1) is 11.1. The average molecular weight is 314 g/mol. The van der Waals surface area contributed by atoms with Crippen molar-refractivity contribution in [3.8, 4) is 5.82 Å². The highest BCUT2D eigenvalue weighted by molar-refractivity contribution is 5.26. The van der Waals surface area contributed by atoms with Gasteiger partial charge in [-0.25, -0.2) is 18.7 Å². The van der Waals surface area contributed by atoms with Crippen LogP contribution in [-0.4, -0.2) is 14.5 Å². The summed E-state index contributed by atoms with van der Waals surface area (Å²) in [5, 5.41) is 3.23. The Kier molecular flexibility index (Phi) is 4.43. The molecule has 3 rings (SSSR count). The monoisotopic (exact) mass is 314 g/mol. The highest BCUT2D eigenvalue weighted by atomic mass is 19.1. The summed E-state index contributed by atoms with van der Waals surface area (Å²) < 4.78 is 28.3. The number of aromatic nitrogens is 3. The normalized spacial score (nSPS) is 12.3. The Labute approximate surface area is 132 Å². The lowest BCUT2D eigenvalue weighted by Crippen LogP contribution is -2.18. The number of hydrogen-bond donors (Lipinski definition) is 1. The summed E-state index contributed by atoms with van der Waals surface area (Å²) in [6, 6.07) is 7.21. The Balaban J connectivity index is 1.63. The van der Waals surface area contributed by atoms with Crippen molar-refractivity contribution in [2.75, 3.05) is 0 Å². The number of pyridine rings is 1. The van der Waals surface area contributed by atoms with Crippen molar-refractivity contribution in [3.05, 3.63) is 78.0 Å². The van der Waals surface area contributed by atoms with Gasteiger partial charge in [0.15, 0.2) is 0 Å². The molecule has 1 N–H and O–H groups in total. The number of benzene rings is 1. The van der Waals surface area contributed by atoms with Crippen LogP contribution in [0.1, 0.15) is 24.1 Å². The third kappa shape index (κ3) is 3.78. The molecule has 1 atom stereocenters. The second-order valence-corrected chi connectivity index (χ2v) is 5.30. The Morgan fingerprint density at radius 1 is 1.17 bits per heavy atom. The number of nitrogens with one attached hydrogen (secondary N) is 1. The summed E-state index contributed by atoms with van der Waals surface area (Å²) in [4.78, 5) is 8.34. The highest BCUT2D eigenvalue weighted by Crippen LogP contribution is 2.16. The second kappa shape index (κ2) is 6.66. The molecule has 0 saturated heterocycles. The first kappa shape index (κ1) is 15.3. The van der Waals surface area contributed by atoms with Gasteiger partial charge in [0.2, 0.25) is 0 Å². The molecule has 2 heterocycles. The van der Waals surface area contributed by atoms with Gasteiger partial charge in [-0.2, -0.15) is 0 Å². The molecular formula is C17H16F2N4. The predicted molar refractivity (Wildman–Crippen MR) is 83.0 cm³/mol. The Morgan fingerprint density at radius 3 is 2.57 bits per heavy atom. The van der Waals surface area contributed by atoms with Crippen LogP contribution in [0.4, 0.5) is 8.78 Å². The molecular weight excluding hydrogens is 298 g/mol. The lowest BCUT2D eigenvalue weighted by atomic mass is 10.1. The van der Waals surface area contributed by atoms with E-state index >= 15 is 0 Å². The molecule has 0 aliphatic rings. The number of nitrogens with zero attached hydrogens (tertiary/aromatic N) is 3. The number of hydrogen-bond acceptors (Lipinski definition) is 3. The zero-order chi connectivity index (χ0) is 16.2. The maximum atomic E-state index is 13.2. The van der Waals surface area contributed by atoms with Gasteiger partial charge in [-0.3, -0.25) is 4.57 Å². The van der Waals surface area contributed by atoms with Gasteiger partial charge < -0.3 is 5.32 Å². The van der Waals surface area contributed by atoms with E-state index in [4.69, 9.17) is 0 Å². The molecule has 0 unspecified atom stereocenters. The van der Waals surface area contributed by atoms with Gasteiger partial charge in [0.1, 0.15) is 23.8 Å². The van der Waals surface area contributed by atoms with Gasteiger partial charge in [0.05, 0.1) is 0 Å². The van der Waals surface area contributed by atoms with Crippen LogP contribution in [0, 0.1) is 11.6 Å². The molecule has 118 valence electrons. The zero-order valence-electron chi connectivity index (χ0n) is 12.6. The highest BCUT2D eigenvalue weighted by Gasteiger charge is 2.08. The summed E-state index contributed by atoms with van der Waals surface area (Å²) in [6.07, 6.45) is 6.96. The van der Waals surface area contributed by atoms with Gasteiger partial charge in [-0.05, 0) is 36.2 Å². The van der Waals surface area contributed by atoms with Crippen LogP contribution < -0.4 is 5.32 Å². The molecule has 0 aliphatic carbocycles. The van der Waals surface area contributed by atoms with Crippen LogP contribution in [0.3, 0.4) is 0 Å². The SMILES string of the molecule is C[C@@H](NCc1ccc(-n2ccnc2)nc1)c1cc(F)cc(F)c1. The fourth-order valence-corrected chi connectivity index (χ4v) is 2.28. The maximum absolute atomic E-state index is 13.2. The number of halogens is 2. The average Bonchev–Trinajstić information content (AvgIpc) is 3.06. The van der Waals surface area contributed by atoms with E-state index < -0.39 is 11.6 Å². The standard InChI is InChI=1S/C17H16F2N4/c1-12(14-6-15(18)8-16(19)7-14)21-9-13-2-3-17(22-10-13)23-5-4-20-11-23/h2-8,10-12,21H,9H2,1H3/t12-/m1/s1. The molecule has 0 saturated carbocycles. The van der Waals surface area contributed by atoms with Gasteiger partial charge in [0.25, 0.3) is 0 Å². The van der Waals surface area contributed by atoms with Crippen LogP contribution in [0.2, 0.25) is 0 Å². The molecule has 0 bridgehead atoms. The van der Waals surface area contributed by atoms with E-state index in [0.717, 1.165) is 17.4 Å². The van der Waals surface area contributed by atoms with Gasteiger partial charge in [0, 0.05) is 37.2 Å². The number of rotatable bonds is 5. The molecule has 0 aliphatic heterocycles. The van der Waals surface area contributed by atoms with Crippen LogP contribution >= 0.6 is 0 Å². The molecule has 0 amide bonds. The molecule has 0 radical (unpaired) electrons. The van der Waals surface area contributed by atoms with E-state index in [-0.39, 0.29) is 6.04 Å². The zero-order valence-corrected chi connectivity index (χ0v) is 12.6. The minimum absolute atomic E-state index is 0.173. The van der Waals surface area contributed by atoms with Crippen LogP contribution in [0.25, 0.3) is 5.82 Å². The molecule has 3 aromatic rings. The topological polar surface area (TPSA) is 42.7 Å². The fraction of sp³-hybridized carbons (Fsp3) is 0.176. The molecule has 0 fully saturated rings.